The Balaban J connectivity index is 0.00000220. The van der Waals surface area contributed by atoms with Crippen molar-refractivity contribution < 1.29 is 9.53 Å². The number of para-hydroxylation sites is 2. The Bertz CT molecular complexity index is 448. The zero-order chi connectivity index (χ0) is 14.4. The average Bonchev–Trinajstić information content (AvgIpc) is 3.22. The number of carbonyl (C=O) groups excluding carboxylic acids is 1. The summed E-state index contributed by atoms with van der Waals surface area (Å²) in [7, 11) is 0. The van der Waals surface area contributed by atoms with Crippen molar-refractivity contribution in [2.24, 2.45) is 11.8 Å². The van der Waals surface area contributed by atoms with Crippen molar-refractivity contribution in [3.63, 3.8) is 0 Å². The van der Waals surface area contributed by atoms with Crippen LogP contribution in [0.25, 0.3) is 0 Å². The summed E-state index contributed by atoms with van der Waals surface area (Å²) in [6.45, 7) is 6.15. The lowest BCUT2D eigenvalue weighted by Crippen LogP contribution is -2.29. The van der Waals surface area contributed by atoms with Gasteiger partial charge in [0.05, 0.1) is 18.8 Å². The van der Waals surface area contributed by atoms with E-state index in [4.69, 9.17) is 4.74 Å². The fourth-order valence-electron chi connectivity index (χ4n) is 1.86. The van der Waals surface area contributed by atoms with Crippen molar-refractivity contribution in [1.82, 2.24) is 5.32 Å². The van der Waals surface area contributed by atoms with Gasteiger partial charge in [0.15, 0.2) is 0 Å². The molecule has 1 aliphatic rings. The minimum absolute atomic E-state index is 0. The summed E-state index contributed by atoms with van der Waals surface area (Å²) in [5, 5.41) is 6.09. The number of amides is 1. The molecule has 1 aromatic carbocycles. The molecular formula is C16H25ClN2O2. The molecule has 0 aliphatic heterocycles. The fraction of sp³-hybridized carbons (Fsp3) is 0.562. The Labute approximate surface area is 133 Å². The van der Waals surface area contributed by atoms with Crippen molar-refractivity contribution in [2.75, 3.05) is 25.0 Å². The number of ether oxygens (including phenoxy) is 1. The molecule has 5 heteroatoms. The summed E-state index contributed by atoms with van der Waals surface area (Å²) in [6.07, 6.45) is 2.58. The molecule has 2 N–H and O–H groups in total. The van der Waals surface area contributed by atoms with Crippen LogP contribution in [-0.2, 0) is 4.79 Å². The number of benzene rings is 1. The quantitative estimate of drug-likeness (QED) is 0.775. The van der Waals surface area contributed by atoms with Gasteiger partial charge in [0.2, 0.25) is 5.91 Å². The number of carbonyl (C=O) groups is 1. The number of hydrogen-bond donors (Lipinski definition) is 2. The first kappa shape index (κ1) is 17.8. The summed E-state index contributed by atoms with van der Waals surface area (Å²) in [5.41, 5.74) is 0.742. The Morgan fingerprint density at radius 2 is 2.05 bits per heavy atom. The SMILES string of the molecule is CC(C)COc1ccccc1NC(=O)CNCC1CC1.Cl. The third-order valence-electron chi connectivity index (χ3n) is 3.15. The molecule has 1 amide bonds. The van der Waals surface area contributed by atoms with Crippen LogP contribution >= 0.6 is 12.4 Å². The van der Waals surface area contributed by atoms with E-state index in [1.165, 1.54) is 12.8 Å². The van der Waals surface area contributed by atoms with Crippen molar-refractivity contribution in [2.45, 2.75) is 26.7 Å². The highest BCUT2D eigenvalue weighted by atomic mass is 35.5. The van der Waals surface area contributed by atoms with Gasteiger partial charge in [0, 0.05) is 0 Å². The van der Waals surface area contributed by atoms with Gasteiger partial charge in [-0.3, -0.25) is 4.79 Å². The average molecular weight is 313 g/mol. The first-order chi connectivity index (χ1) is 9.65. The molecule has 118 valence electrons. The van der Waals surface area contributed by atoms with Gasteiger partial charge in [-0.15, -0.1) is 12.4 Å². The Morgan fingerprint density at radius 3 is 2.71 bits per heavy atom. The van der Waals surface area contributed by atoms with Crippen LogP contribution in [0.2, 0.25) is 0 Å². The van der Waals surface area contributed by atoms with Crippen LogP contribution in [0.1, 0.15) is 26.7 Å². The third-order valence-corrected chi connectivity index (χ3v) is 3.15. The summed E-state index contributed by atoms with van der Waals surface area (Å²) in [5.74, 6) is 1.95. The van der Waals surface area contributed by atoms with Crippen LogP contribution < -0.4 is 15.4 Å². The van der Waals surface area contributed by atoms with E-state index in [9.17, 15) is 4.79 Å². The molecule has 0 saturated heterocycles. The number of halogens is 1. The minimum Gasteiger partial charge on any atom is -0.491 e. The molecule has 1 aliphatic carbocycles. The molecule has 1 saturated carbocycles. The normalized spacial score (nSPS) is 13.7. The third kappa shape index (κ3) is 6.82. The topological polar surface area (TPSA) is 50.4 Å². The van der Waals surface area contributed by atoms with Crippen molar-refractivity contribution in [1.29, 1.82) is 0 Å². The van der Waals surface area contributed by atoms with Gasteiger partial charge in [-0.05, 0) is 43.4 Å². The maximum Gasteiger partial charge on any atom is 0.238 e. The second kappa shape index (κ2) is 8.90. The van der Waals surface area contributed by atoms with Gasteiger partial charge in [-0.1, -0.05) is 26.0 Å². The highest BCUT2D eigenvalue weighted by Gasteiger charge is 2.20. The Hall–Kier alpha value is -1.26. The van der Waals surface area contributed by atoms with E-state index >= 15 is 0 Å². The maximum absolute atomic E-state index is 11.9. The monoisotopic (exact) mass is 312 g/mol. The maximum atomic E-state index is 11.9. The van der Waals surface area contributed by atoms with Gasteiger partial charge in [-0.25, -0.2) is 0 Å². The predicted octanol–water partition coefficient (Wildman–Crippen LogP) is 3.08. The number of anilines is 1. The van der Waals surface area contributed by atoms with E-state index in [0.717, 1.165) is 23.9 Å². The van der Waals surface area contributed by atoms with E-state index in [0.29, 0.717) is 19.1 Å². The highest BCUT2D eigenvalue weighted by molar-refractivity contribution is 5.93. The molecule has 0 radical (unpaired) electrons. The second-order valence-electron chi connectivity index (χ2n) is 5.82. The van der Waals surface area contributed by atoms with Crippen LogP contribution in [0, 0.1) is 11.8 Å². The van der Waals surface area contributed by atoms with Gasteiger partial charge in [0.1, 0.15) is 5.75 Å². The molecule has 0 atom stereocenters. The van der Waals surface area contributed by atoms with E-state index in [2.05, 4.69) is 24.5 Å². The smallest absolute Gasteiger partial charge is 0.238 e. The first-order valence-corrected chi connectivity index (χ1v) is 7.37. The summed E-state index contributed by atoms with van der Waals surface area (Å²) >= 11 is 0. The van der Waals surface area contributed by atoms with E-state index < -0.39 is 0 Å². The van der Waals surface area contributed by atoms with Gasteiger partial charge in [0.25, 0.3) is 0 Å². The van der Waals surface area contributed by atoms with Crippen LogP contribution in [-0.4, -0.2) is 25.6 Å². The minimum atomic E-state index is -0.0220. The number of nitrogens with one attached hydrogen (secondary N) is 2. The number of hydrogen-bond acceptors (Lipinski definition) is 3. The van der Waals surface area contributed by atoms with Gasteiger partial charge >= 0.3 is 0 Å². The molecule has 0 aromatic heterocycles. The molecule has 2 rings (SSSR count). The summed E-state index contributed by atoms with van der Waals surface area (Å²) < 4.78 is 5.72. The van der Waals surface area contributed by atoms with E-state index in [1.807, 2.05) is 24.3 Å². The summed E-state index contributed by atoms with van der Waals surface area (Å²) in [4.78, 5) is 11.9. The zero-order valence-electron chi connectivity index (χ0n) is 12.7. The first-order valence-electron chi connectivity index (χ1n) is 7.37. The molecule has 21 heavy (non-hydrogen) atoms. The van der Waals surface area contributed by atoms with Crippen LogP contribution in [0.3, 0.4) is 0 Å². The standard InChI is InChI=1S/C16H24N2O2.ClH/c1-12(2)11-20-15-6-4-3-5-14(15)18-16(19)10-17-9-13-7-8-13;/h3-6,12-13,17H,7-11H2,1-2H3,(H,18,19);1H. The molecule has 0 heterocycles. The lowest BCUT2D eigenvalue weighted by atomic mass is 10.2. The Kier molecular flexibility index (Phi) is 7.54. The van der Waals surface area contributed by atoms with Crippen molar-refractivity contribution in [3.05, 3.63) is 24.3 Å². The largest absolute Gasteiger partial charge is 0.491 e. The molecule has 4 nitrogen and oxygen atoms in total. The molecule has 0 unspecified atom stereocenters. The van der Waals surface area contributed by atoms with Crippen molar-refractivity contribution in [3.8, 4) is 5.75 Å². The number of rotatable bonds is 8. The lowest BCUT2D eigenvalue weighted by molar-refractivity contribution is -0.115. The molecule has 1 aromatic rings. The molecule has 0 bridgehead atoms. The highest BCUT2D eigenvalue weighted by Crippen LogP contribution is 2.27. The molecular weight excluding hydrogens is 288 g/mol. The molecule has 1 fully saturated rings. The van der Waals surface area contributed by atoms with E-state index in [1.54, 1.807) is 0 Å². The predicted molar refractivity (Wildman–Crippen MR) is 88.2 cm³/mol. The Morgan fingerprint density at radius 1 is 1.33 bits per heavy atom. The van der Waals surface area contributed by atoms with Crippen LogP contribution in [0.15, 0.2) is 24.3 Å². The van der Waals surface area contributed by atoms with E-state index in [-0.39, 0.29) is 18.3 Å². The van der Waals surface area contributed by atoms with Gasteiger partial charge in [-0.2, -0.15) is 0 Å². The fourth-order valence-corrected chi connectivity index (χ4v) is 1.86. The van der Waals surface area contributed by atoms with Crippen LogP contribution in [0.5, 0.6) is 5.75 Å². The van der Waals surface area contributed by atoms with Gasteiger partial charge < -0.3 is 15.4 Å². The molecule has 0 spiro atoms. The van der Waals surface area contributed by atoms with Crippen molar-refractivity contribution >= 4 is 24.0 Å². The zero-order valence-corrected chi connectivity index (χ0v) is 13.5. The second-order valence-corrected chi connectivity index (χ2v) is 5.82. The summed E-state index contributed by atoms with van der Waals surface area (Å²) in [6, 6.07) is 7.57. The van der Waals surface area contributed by atoms with Crippen LogP contribution in [0.4, 0.5) is 5.69 Å². The lowest BCUT2D eigenvalue weighted by Gasteiger charge is -2.14.